The Balaban J connectivity index is 1.85. The molecule has 0 saturated carbocycles. The lowest BCUT2D eigenvalue weighted by Gasteiger charge is -2.28. The van der Waals surface area contributed by atoms with Gasteiger partial charge in [-0.3, -0.25) is 4.79 Å². The van der Waals surface area contributed by atoms with Gasteiger partial charge in [-0.05, 0) is 67.4 Å². The summed E-state index contributed by atoms with van der Waals surface area (Å²) in [6.45, 7) is 3.94. The molecule has 0 saturated heterocycles. The molecular formula is C20H21ClN2O3S. The van der Waals surface area contributed by atoms with Crippen LogP contribution < -0.4 is 10.2 Å². The number of nitrogens with zero attached hydrogens (tertiary/aromatic N) is 1. The maximum Gasteiger partial charge on any atom is 0.246 e. The third kappa shape index (κ3) is 4.90. The molecule has 142 valence electrons. The quantitative estimate of drug-likeness (QED) is 0.824. The normalized spacial score (nSPS) is 17.7. The molecule has 27 heavy (non-hydrogen) atoms. The molecule has 0 fully saturated rings. The Morgan fingerprint density at radius 2 is 1.78 bits per heavy atom. The first-order valence-electron chi connectivity index (χ1n) is 8.54. The SMILES string of the molecule is Cc1cc(C)cc(N(C(=O)CNc2ccc(Cl)cc2)C2C=CS(=O)(=O)C2)c1. The Hall–Kier alpha value is -2.31. The molecule has 1 aliphatic rings. The van der Waals surface area contributed by atoms with Gasteiger partial charge in [-0.15, -0.1) is 0 Å². The van der Waals surface area contributed by atoms with E-state index in [-0.39, 0.29) is 18.2 Å². The predicted octanol–water partition coefficient (Wildman–Crippen LogP) is 3.71. The monoisotopic (exact) mass is 404 g/mol. The maximum absolute atomic E-state index is 13.0. The molecular weight excluding hydrogens is 384 g/mol. The van der Waals surface area contributed by atoms with Crippen molar-refractivity contribution in [2.75, 3.05) is 22.5 Å². The van der Waals surface area contributed by atoms with Crippen molar-refractivity contribution >= 4 is 38.7 Å². The Bertz CT molecular complexity index is 965. The summed E-state index contributed by atoms with van der Waals surface area (Å²) in [5, 5.41) is 4.88. The highest BCUT2D eigenvalue weighted by molar-refractivity contribution is 7.94. The van der Waals surface area contributed by atoms with Crippen molar-refractivity contribution in [3.8, 4) is 0 Å². The van der Waals surface area contributed by atoms with E-state index in [1.165, 1.54) is 5.41 Å². The largest absolute Gasteiger partial charge is 0.376 e. The van der Waals surface area contributed by atoms with Crippen molar-refractivity contribution in [2.45, 2.75) is 19.9 Å². The number of anilines is 2. The highest BCUT2D eigenvalue weighted by Crippen LogP contribution is 2.25. The van der Waals surface area contributed by atoms with Crippen molar-refractivity contribution in [1.82, 2.24) is 0 Å². The number of aryl methyl sites for hydroxylation is 2. The molecule has 1 atom stereocenters. The fourth-order valence-corrected chi connectivity index (χ4v) is 4.55. The summed E-state index contributed by atoms with van der Waals surface area (Å²) in [4.78, 5) is 14.6. The number of sulfone groups is 1. The van der Waals surface area contributed by atoms with E-state index in [1.54, 1.807) is 35.2 Å². The zero-order valence-corrected chi connectivity index (χ0v) is 16.7. The van der Waals surface area contributed by atoms with Crippen LogP contribution in [0.5, 0.6) is 0 Å². The van der Waals surface area contributed by atoms with E-state index in [0.717, 1.165) is 16.8 Å². The molecule has 0 spiro atoms. The third-order valence-corrected chi connectivity index (χ3v) is 5.91. The standard InChI is InChI=1S/C20H21ClN2O3S/c1-14-9-15(2)11-19(10-14)23(18-7-8-27(25,26)13-18)20(24)12-22-17-5-3-16(21)4-6-17/h3-11,18,22H,12-13H2,1-2H3. The van der Waals surface area contributed by atoms with Crippen LogP contribution >= 0.6 is 11.6 Å². The van der Waals surface area contributed by atoms with Gasteiger partial charge in [-0.1, -0.05) is 17.7 Å². The van der Waals surface area contributed by atoms with Gasteiger partial charge >= 0.3 is 0 Å². The third-order valence-electron chi connectivity index (χ3n) is 4.28. The predicted molar refractivity (Wildman–Crippen MR) is 110 cm³/mol. The molecule has 1 unspecified atom stereocenters. The number of benzene rings is 2. The first-order valence-corrected chi connectivity index (χ1v) is 10.6. The lowest BCUT2D eigenvalue weighted by Crippen LogP contribution is -2.44. The van der Waals surface area contributed by atoms with Crippen LogP contribution in [0, 0.1) is 13.8 Å². The van der Waals surface area contributed by atoms with Gasteiger partial charge in [-0.2, -0.15) is 0 Å². The minimum absolute atomic E-state index is 0.0407. The van der Waals surface area contributed by atoms with Crippen LogP contribution in [0.3, 0.4) is 0 Å². The average Bonchev–Trinajstić information content (AvgIpc) is 2.93. The number of halogens is 1. The van der Waals surface area contributed by atoms with Crippen molar-refractivity contribution in [3.63, 3.8) is 0 Å². The van der Waals surface area contributed by atoms with E-state index in [2.05, 4.69) is 5.32 Å². The molecule has 0 aliphatic carbocycles. The fraction of sp³-hybridized carbons (Fsp3) is 0.250. The molecule has 1 N–H and O–H groups in total. The van der Waals surface area contributed by atoms with Gasteiger partial charge in [0.2, 0.25) is 5.91 Å². The molecule has 1 heterocycles. The smallest absolute Gasteiger partial charge is 0.246 e. The van der Waals surface area contributed by atoms with Crippen LogP contribution in [0.1, 0.15) is 11.1 Å². The summed E-state index contributed by atoms with van der Waals surface area (Å²) in [5.74, 6) is -0.311. The maximum atomic E-state index is 13.0. The Morgan fingerprint density at radius 1 is 1.15 bits per heavy atom. The fourth-order valence-electron chi connectivity index (χ4n) is 3.16. The van der Waals surface area contributed by atoms with E-state index < -0.39 is 15.9 Å². The van der Waals surface area contributed by atoms with E-state index >= 15 is 0 Å². The topological polar surface area (TPSA) is 66.5 Å². The summed E-state index contributed by atoms with van der Waals surface area (Å²) in [6, 6.07) is 12.3. The first-order chi connectivity index (χ1) is 12.7. The molecule has 0 bridgehead atoms. The van der Waals surface area contributed by atoms with Gasteiger partial charge in [-0.25, -0.2) is 8.42 Å². The number of hydrogen-bond donors (Lipinski definition) is 1. The number of hydrogen-bond acceptors (Lipinski definition) is 4. The van der Waals surface area contributed by atoms with E-state index in [4.69, 9.17) is 11.6 Å². The summed E-state index contributed by atoms with van der Waals surface area (Å²) >= 11 is 5.88. The van der Waals surface area contributed by atoms with Gasteiger partial charge in [0.05, 0.1) is 18.3 Å². The van der Waals surface area contributed by atoms with Crippen LogP contribution in [-0.4, -0.2) is 32.7 Å². The second kappa shape index (κ2) is 7.74. The van der Waals surface area contributed by atoms with Crippen LogP contribution in [0.2, 0.25) is 5.02 Å². The van der Waals surface area contributed by atoms with Crippen LogP contribution in [0.25, 0.3) is 0 Å². The van der Waals surface area contributed by atoms with E-state index in [9.17, 15) is 13.2 Å². The molecule has 5 nitrogen and oxygen atoms in total. The minimum atomic E-state index is -3.28. The molecule has 2 aromatic carbocycles. The van der Waals surface area contributed by atoms with Crippen LogP contribution in [0.4, 0.5) is 11.4 Å². The molecule has 3 rings (SSSR count). The Labute approximate surface area is 164 Å². The van der Waals surface area contributed by atoms with Crippen LogP contribution in [0.15, 0.2) is 53.9 Å². The minimum Gasteiger partial charge on any atom is -0.376 e. The number of rotatable bonds is 5. The van der Waals surface area contributed by atoms with Gasteiger partial charge in [0.15, 0.2) is 9.84 Å². The zero-order chi connectivity index (χ0) is 19.6. The Kier molecular flexibility index (Phi) is 5.58. The summed E-state index contributed by atoms with van der Waals surface area (Å²) < 4.78 is 23.8. The average molecular weight is 405 g/mol. The molecule has 2 aromatic rings. The van der Waals surface area contributed by atoms with Crippen molar-refractivity contribution in [2.24, 2.45) is 0 Å². The van der Waals surface area contributed by atoms with Gasteiger partial charge in [0.1, 0.15) is 0 Å². The summed E-state index contributed by atoms with van der Waals surface area (Å²) in [6.07, 6.45) is 1.58. The number of carbonyl (C=O) groups is 1. The molecule has 7 heteroatoms. The lowest BCUT2D eigenvalue weighted by molar-refractivity contribution is -0.117. The Morgan fingerprint density at radius 3 is 2.33 bits per heavy atom. The highest BCUT2D eigenvalue weighted by Gasteiger charge is 2.31. The number of nitrogens with one attached hydrogen (secondary N) is 1. The number of carbonyl (C=O) groups excluding carboxylic acids is 1. The summed E-state index contributed by atoms with van der Waals surface area (Å²) in [5.41, 5.74) is 3.49. The van der Waals surface area contributed by atoms with E-state index in [0.29, 0.717) is 10.7 Å². The highest BCUT2D eigenvalue weighted by atomic mass is 35.5. The van der Waals surface area contributed by atoms with Crippen LogP contribution in [-0.2, 0) is 14.6 Å². The molecule has 0 radical (unpaired) electrons. The van der Waals surface area contributed by atoms with Crippen molar-refractivity contribution in [3.05, 3.63) is 70.1 Å². The second-order valence-corrected chi connectivity index (χ2v) is 9.06. The lowest BCUT2D eigenvalue weighted by atomic mass is 10.1. The van der Waals surface area contributed by atoms with Gasteiger partial charge < -0.3 is 10.2 Å². The van der Waals surface area contributed by atoms with Crippen molar-refractivity contribution in [1.29, 1.82) is 0 Å². The number of amides is 1. The summed E-state index contributed by atoms with van der Waals surface area (Å²) in [7, 11) is -3.28. The molecule has 1 aliphatic heterocycles. The van der Waals surface area contributed by atoms with Gasteiger partial charge in [0.25, 0.3) is 0 Å². The van der Waals surface area contributed by atoms with E-state index in [1.807, 2.05) is 32.0 Å². The first kappa shape index (κ1) is 19.5. The van der Waals surface area contributed by atoms with Crippen molar-refractivity contribution < 1.29 is 13.2 Å². The zero-order valence-electron chi connectivity index (χ0n) is 15.1. The second-order valence-electron chi connectivity index (χ2n) is 6.70. The van der Waals surface area contributed by atoms with Gasteiger partial charge in [0, 0.05) is 21.8 Å². The molecule has 1 amide bonds. The molecule has 0 aromatic heterocycles.